The Morgan fingerprint density at radius 1 is 0.279 bits per heavy atom. The molecule has 0 fully saturated rings. The number of hydrogen-bond acceptors (Lipinski definition) is 7. The maximum atomic E-state index is 5.10. The third-order valence-corrected chi connectivity index (χ3v) is 14.3. The van der Waals surface area contributed by atoms with Gasteiger partial charge in [-0.25, -0.2) is 19.9 Å². The standard InChI is InChI=1S/C61H38N6S/c1-3-15-40(16-4-1)58-65-59(41-17-5-2-6-18-41)67-60(66-58)42-27-25-39(26-28-42)43-29-31-56-50(35-43)61(48-21-9-7-19-46(48)47-20-8-10-22-49(47)61)51-36-44(30-32-57(51)68-56)45-37-54(52-23-11-13-33-62-52)64-55(38-45)53-24-12-14-34-63-53/h1-38H. The minimum Gasteiger partial charge on any atom is -0.255 e. The number of benzene rings is 7. The van der Waals surface area contributed by atoms with Crippen molar-refractivity contribution in [2.45, 2.75) is 15.2 Å². The number of fused-ring (bicyclic) bond motifs is 9. The molecule has 7 heteroatoms. The molecular formula is C61H38N6S. The fourth-order valence-corrected chi connectivity index (χ4v) is 11.2. The Morgan fingerprint density at radius 3 is 1.18 bits per heavy atom. The van der Waals surface area contributed by atoms with Gasteiger partial charge in [-0.05, 0) is 116 Å². The van der Waals surface area contributed by atoms with E-state index in [0.717, 1.165) is 61.7 Å². The van der Waals surface area contributed by atoms with Gasteiger partial charge < -0.3 is 0 Å². The van der Waals surface area contributed by atoms with Crippen molar-refractivity contribution in [1.29, 1.82) is 0 Å². The smallest absolute Gasteiger partial charge is 0.164 e. The van der Waals surface area contributed by atoms with Crippen molar-refractivity contribution in [1.82, 2.24) is 29.9 Å². The van der Waals surface area contributed by atoms with Gasteiger partial charge in [-0.1, -0.05) is 169 Å². The summed E-state index contributed by atoms with van der Waals surface area (Å²) in [7, 11) is 0. The molecule has 2 aliphatic rings. The molecule has 11 aromatic rings. The van der Waals surface area contributed by atoms with Gasteiger partial charge in [0, 0.05) is 38.9 Å². The number of nitrogens with zero attached hydrogens (tertiary/aromatic N) is 6. The molecule has 1 spiro atoms. The summed E-state index contributed by atoms with van der Waals surface area (Å²) in [6.45, 7) is 0. The third kappa shape index (κ3) is 6.66. The first-order valence-electron chi connectivity index (χ1n) is 22.7. The highest BCUT2D eigenvalue weighted by Crippen LogP contribution is 2.63. The first-order chi connectivity index (χ1) is 33.7. The van der Waals surface area contributed by atoms with Crippen molar-refractivity contribution < 1.29 is 0 Å². The maximum absolute atomic E-state index is 5.10. The molecule has 0 bridgehead atoms. The molecule has 0 saturated heterocycles. The molecule has 5 heterocycles. The minimum absolute atomic E-state index is 0.595. The van der Waals surface area contributed by atoms with Crippen molar-refractivity contribution in [3.05, 3.63) is 253 Å². The van der Waals surface area contributed by atoms with E-state index in [1.165, 1.54) is 43.2 Å². The van der Waals surface area contributed by atoms with Crippen LogP contribution in [0.3, 0.4) is 0 Å². The minimum atomic E-state index is -0.595. The van der Waals surface area contributed by atoms with E-state index in [9.17, 15) is 0 Å². The molecule has 68 heavy (non-hydrogen) atoms. The molecule has 7 aromatic carbocycles. The van der Waals surface area contributed by atoms with Gasteiger partial charge >= 0.3 is 0 Å². The van der Waals surface area contributed by atoms with Crippen molar-refractivity contribution in [3.63, 3.8) is 0 Å². The van der Waals surface area contributed by atoms with Gasteiger partial charge in [-0.3, -0.25) is 9.97 Å². The second-order valence-electron chi connectivity index (χ2n) is 17.0. The normalized spacial score (nSPS) is 12.8. The van der Waals surface area contributed by atoms with E-state index in [-0.39, 0.29) is 0 Å². The molecule has 0 atom stereocenters. The van der Waals surface area contributed by atoms with Gasteiger partial charge in [-0.2, -0.15) is 0 Å². The van der Waals surface area contributed by atoms with Gasteiger partial charge in [-0.15, -0.1) is 0 Å². The lowest BCUT2D eigenvalue weighted by Gasteiger charge is -2.40. The van der Waals surface area contributed by atoms with Crippen LogP contribution < -0.4 is 0 Å². The van der Waals surface area contributed by atoms with E-state index in [0.29, 0.717) is 17.5 Å². The Hall–Kier alpha value is -8.65. The second-order valence-corrected chi connectivity index (χ2v) is 18.1. The van der Waals surface area contributed by atoms with Crippen LogP contribution in [0.5, 0.6) is 0 Å². The van der Waals surface area contributed by atoms with Crippen molar-refractivity contribution in [2.75, 3.05) is 0 Å². The highest BCUT2D eigenvalue weighted by atomic mass is 32.2. The van der Waals surface area contributed by atoms with E-state index < -0.39 is 5.41 Å². The quantitative estimate of drug-likeness (QED) is 0.158. The van der Waals surface area contributed by atoms with Crippen LogP contribution >= 0.6 is 11.8 Å². The molecule has 4 aromatic heterocycles. The van der Waals surface area contributed by atoms with Gasteiger partial charge in [0.25, 0.3) is 0 Å². The molecule has 0 saturated carbocycles. The molecule has 0 unspecified atom stereocenters. The number of pyridine rings is 3. The van der Waals surface area contributed by atoms with Crippen LogP contribution in [0.25, 0.3) is 90.3 Å². The molecular weight excluding hydrogens is 849 g/mol. The fraction of sp³-hybridized carbons (Fsp3) is 0.0164. The second kappa shape index (κ2) is 16.3. The van der Waals surface area contributed by atoms with E-state index in [1.807, 2.05) is 121 Å². The van der Waals surface area contributed by atoms with Crippen LogP contribution in [0.4, 0.5) is 0 Å². The number of rotatable bonds is 7. The number of hydrogen-bond donors (Lipinski definition) is 0. The fourth-order valence-electron chi connectivity index (χ4n) is 10.00. The van der Waals surface area contributed by atoms with Crippen molar-refractivity contribution in [3.8, 4) is 90.3 Å². The molecule has 13 rings (SSSR count). The summed E-state index contributed by atoms with van der Waals surface area (Å²) in [6.07, 6.45) is 3.63. The van der Waals surface area contributed by atoms with Gasteiger partial charge in [0.05, 0.1) is 28.2 Å². The number of aromatic nitrogens is 6. The van der Waals surface area contributed by atoms with Gasteiger partial charge in [0.15, 0.2) is 17.5 Å². The molecule has 1 aliphatic carbocycles. The Bertz CT molecular complexity index is 3530. The highest BCUT2D eigenvalue weighted by Gasteiger charge is 2.50. The van der Waals surface area contributed by atoms with E-state index in [1.54, 1.807) is 0 Å². The first-order valence-corrected chi connectivity index (χ1v) is 23.5. The summed E-state index contributed by atoms with van der Waals surface area (Å²) in [5.74, 6) is 1.91. The molecule has 0 radical (unpaired) electrons. The predicted octanol–water partition coefficient (Wildman–Crippen LogP) is 14.6. The third-order valence-electron chi connectivity index (χ3n) is 13.1. The molecule has 6 nitrogen and oxygen atoms in total. The van der Waals surface area contributed by atoms with E-state index >= 15 is 0 Å². The van der Waals surface area contributed by atoms with Crippen LogP contribution in [0.1, 0.15) is 22.3 Å². The van der Waals surface area contributed by atoms with Crippen LogP contribution in [-0.2, 0) is 5.41 Å². The molecule has 1 aliphatic heterocycles. The zero-order valence-corrected chi connectivity index (χ0v) is 37.3. The van der Waals surface area contributed by atoms with Crippen LogP contribution in [0.15, 0.2) is 241 Å². The average molecular weight is 887 g/mol. The van der Waals surface area contributed by atoms with Crippen LogP contribution in [-0.4, -0.2) is 29.9 Å². The van der Waals surface area contributed by atoms with Crippen LogP contribution in [0, 0.1) is 0 Å². The summed E-state index contributed by atoms with van der Waals surface area (Å²) >= 11 is 1.84. The van der Waals surface area contributed by atoms with Crippen molar-refractivity contribution >= 4 is 11.8 Å². The van der Waals surface area contributed by atoms with Crippen molar-refractivity contribution in [2.24, 2.45) is 0 Å². The topological polar surface area (TPSA) is 77.3 Å². The summed E-state index contributed by atoms with van der Waals surface area (Å²) in [6, 6.07) is 77.0. The average Bonchev–Trinajstić information content (AvgIpc) is 3.72. The molecule has 0 N–H and O–H groups in total. The summed E-state index contributed by atoms with van der Waals surface area (Å²) in [5.41, 5.74) is 17.4. The van der Waals surface area contributed by atoms with Gasteiger partial charge in [0.1, 0.15) is 0 Å². The summed E-state index contributed by atoms with van der Waals surface area (Å²) < 4.78 is 0. The zero-order chi connectivity index (χ0) is 45.0. The highest BCUT2D eigenvalue weighted by molar-refractivity contribution is 7.99. The van der Waals surface area contributed by atoms with E-state index in [4.69, 9.17) is 29.9 Å². The maximum Gasteiger partial charge on any atom is 0.164 e. The Morgan fingerprint density at radius 2 is 0.691 bits per heavy atom. The first kappa shape index (κ1) is 39.7. The zero-order valence-electron chi connectivity index (χ0n) is 36.5. The molecule has 318 valence electrons. The molecule has 0 amide bonds. The lowest BCUT2D eigenvalue weighted by Crippen LogP contribution is -2.32. The Kier molecular flexibility index (Phi) is 9.54. The largest absolute Gasteiger partial charge is 0.255 e. The summed E-state index contributed by atoms with van der Waals surface area (Å²) in [5, 5.41) is 0. The van der Waals surface area contributed by atoms with Crippen LogP contribution in [0.2, 0.25) is 0 Å². The summed E-state index contributed by atoms with van der Waals surface area (Å²) in [4.78, 5) is 31.9. The SMILES string of the molecule is c1ccc(-c2nc(-c3ccccc3)nc(-c3ccc(-c4ccc5c(c4)C4(c6cc(-c7cc(-c8ccccn8)nc(-c8ccccn8)c7)ccc6S5)c5ccccc5-c5ccccc54)cc3)n2)cc1. The Labute approximate surface area is 398 Å². The van der Waals surface area contributed by atoms with Gasteiger partial charge in [0.2, 0.25) is 0 Å². The lowest BCUT2D eigenvalue weighted by atomic mass is 9.66. The van der Waals surface area contributed by atoms with E-state index in [2.05, 4.69) is 121 Å². The monoisotopic (exact) mass is 886 g/mol. The Balaban J connectivity index is 0.963. The lowest BCUT2D eigenvalue weighted by molar-refractivity contribution is 0.723. The predicted molar refractivity (Wildman–Crippen MR) is 273 cm³/mol.